The maximum Gasteiger partial charge on any atom is 0.336 e. The van der Waals surface area contributed by atoms with Crippen LogP contribution < -0.4 is 5.32 Å². The van der Waals surface area contributed by atoms with Crippen molar-refractivity contribution in [3.8, 4) is 11.1 Å². The largest absolute Gasteiger partial charge is 0.480 e. The Bertz CT molecular complexity index is 1450. The van der Waals surface area contributed by atoms with Crippen molar-refractivity contribution in [2.24, 2.45) is 0 Å². The van der Waals surface area contributed by atoms with Gasteiger partial charge in [-0.25, -0.2) is 18.0 Å². The average molecular weight is 537 g/mol. The first-order chi connectivity index (χ1) is 18.1. The molecule has 0 bridgehead atoms. The molecule has 9 nitrogen and oxygen atoms in total. The van der Waals surface area contributed by atoms with Crippen molar-refractivity contribution < 1.29 is 33.0 Å². The number of aromatic carboxylic acids is 1. The zero-order chi connectivity index (χ0) is 27.4. The van der Waals surface area contributed by atoms with Gasteiger partial charge in [0.15, 0.2) is 0 Å². The molecule has 1 aliphatic heterocycles. The van der Waals surface area contributed by atoms with Crippen LogP contribution in [0.5, 0.6) is 0 Å². The standard InChI is InChI=1S/C28H28N2O7S/c1-18-8-14-21(15-9-18)38(36,37)30-16-4-7-25(30)26(31)29-24(28(34)35)17-19-10-12-20(13-11-19)22-5-2-3-6-23(22)27(32)33/h2-3,5-6,8-15,24-25H,4,7,16-17H2,1H3,(H,29,31)(H,32,33)(H,34,35)/t24-,25-/m0/s1. The number of nitrogens with zero attached hydrogens (tertiary/aromatic N) is 1. The van der Waals surface area contributed by atoms with Gasteiger partial charge in [-0.1, -0.05) is 60.2 Å². The molecule has 10 heteroatoms. The molecule has 0 spiro atoms. The van der Waals surface area contributed by atoms with Crippen molar-refractivity contribution in [3.05, 3.63) is 89.5 Å². The minimum atomic E-state index is -3.92. The molecular formula is C28H28N2O7S. The smallest absolute Gasteiger partial charge is 0.336 e. The topological polar surface area (TPSA) is 141 Å². The fraction of sp³-hybridized carbons (Fsp3) is 0.250. The van der Waals surface area contributed by atoms with Gasteiger partial charge < -0.3 is 15.5 Å². The van der Waals surface area contributed by atoms with E-state index in [-0.39, 0.29) is 23.4 Å². The Labute approximate surface area is 220 Å². The van der Waals surface area contributed by atoms with Crippen molar-refractivity contribution in [2.45, 2.75) is 43.2 Å². The van der Waals surface area contributed by atoms with E-state index in [0.29, 0.717) is 29.5 Å². The van der Waals surface area contributed by atoms with E-state index in [9.17, 15) is 33.0 Å². The number of carboxylic acid groups (broad SMARTS) is 2. The van der Waals surface area contributed by atoms with Crippen molar-refractivity contribution in [1.29, 1.82) is 0 Å². The lowest BCUT2D eigenvalue weighted by Crippen LogP contribution is -2.51. The molecule has 1 heterocycles. The molecule has 198 valence electrons. The Hall–Kier alpha value is -4.02. The second-order valence-corrected chi connectivity index (χ2v) is 11.1. The van der Waals surface area contributed by atoms with Crippen LogP contribution in [0.3, 0.4) is 0 Å². The monoisotopic (exact) mass is 536 g/mol. The van der Waals surface area contributed by atoms with Crippen molar-refractivity contribution in [3.63, 3.8) is 0 Å². The van der Waals surface area contributed by atoms with E-state index in [1.807, 2.05) is 6.92 Å². The number of benzene rings is 3. The van der Waals surface area contributed by atoms with E-state index in [2.05, 4.69) is 5.32 Å². The summed E-state index contributed by atoms with van der Waals surface area (Å²) in [6, 6.07) is 17.4. The third-order valence-electron chi connectivity index (χ3n) is 6.61. The SMILES string of the molecule is Cc1ccc(S(=O)(=O)N2CCC[C@H]2C(=O)N[C@@H](Cc2ccc(-c3ccccc3C(=O)O)cc2)C(=O)O)cc1. The first-order valence-electron chi connectivity index (χ1n) is 12.1. The van der Waals surface area contributed by atoms with Crippen LogP contribution in [0.1, 0.15) is 34.3 Å². The van der Waals surface area contributed by atoms with Crippen LogP contribution in [-0.2, 0) is 26.0 Å². The van der Waals surface area contributed by atoms with Crippen molar-refractivity contribution in [2.75, 3.05) is 6.54 Å². The summed E-state index contributed by atoms with van der Waals surface area (Å²) in [4.78, 5) is 36.7. The fourth-order valence-corrected chi connectivity index (χ4v) is 6.24. The number of aliphatic carboxylic acids is 1. The van der Waals surface area contributed by atoms with Crippen LogP contribution in [0.25, 0.3) is 11.1 Å². The highest BCUT2D eigenvalue weighted by atomic mass is 32.2. The zero-order valence-electron chi connectivity index (χ0n) is 20.7. The van der Waals surface area contributed by atoms with Gasteiger partial charge in [-0.2, -0.15) is 4.31 Å². The molecule has 3 N–H and O–H groups in total. The third-order valence-corrected chi connectivity index (χ3v) is 8.53. The van der Waals surface area contributed by atoms with Crippen LogP contribution in [0.4, 0.5) is 0 Å². The third kappa shape index (κ3) is 5.76. The van der Waals surface area contributed by atoms with Crippen LogP contribution in [0, 0.1) is 6.92 Å². The first kappa shape index (κ1) is 27.0. The number of sulfonamides is 1. The fourth-order valence-electron chi connectivity index (χ4n) is 4.58. The molecule has 3 aromatic rings. The molecule has 0 aromatic heterocycles. The highest BCUT2D eigenvalue weighted by molar-refractivity contribution is 7.89. The summed E-state index contributed by atoms with van der Waals surface area (Å²) >= 11 is 0. The lowest BCUT2D eigenvalue weighted by Gasteiger charge is -2.25. The minimum Gasteiger partial charge on any atom is -0.480 e. The van der Waals surface area contributed by atoms with E-state index in [1.54, 1.807) is 54.6 Å². The first-order valence-corrected chi connectivity index (χ1v) is 13.6. The van der Waals surface area contributed by atoms with Crippen molar-refractivity contribution >= 4 is 27.9 Å². The predicted molar refractivity (Wildman–Crippen MR) is 140 cm³/mol. The lowest BCUT2D eigenvalue weighted by molar-refractivity contribution is -0.142. The predicted octanol–water partition coefficient (Wildman–Crippen LogP) is 3.33. The Balaban J connectivity index is 1.48. The number of aryl methyl sites for hydroxylation is 1. The molecule has 38 heavy (non-hydrogen) atoms. The van der Waals surface area contributed by atoms with Crippen LogP contribution >= 0.6 is 0 Å². The van der Waals surface area contributed by atoms with Gasteiger partial charge in [0.1, 0.15) is 12.1 Å². The van der Waals surface area contributed by atoms with E-state index < -0.39 is 40.0 Å². The minimum absolute atomic E-state index is 0.0284. The maximum atomic E-state index is 13.2. The van der Waals surface area contributed by atoms with E-state index in [4.69, 9.17) is 0 Å². The van der Waals surface area contributed by atoms with Crippen LogP contribution in [0.15, 0.2) is 77.7 Å². The van der Waals surface area contributed by atoms with Gasteiger partial charge in [-0.15, -0.1) is 0 Å². The van der Waals surface area contributed by atoms with Gasteiger partial charge in [0.25, 0.3) is 0 Å². The number of carboxylic acids is 2. The normalized spacial score (nSPS) is 16.6. The molecule has 0 saturated carbocycles. The number of nitrogens with one attached hydrogen (secondary N) is 1. The Morgan fingerprint density at radius 3 is 2.26 bits per heavy atom. The molecule has 0 aliphatic carbocycles. The van der Waals surface area contributed by atoms with E-state index in [0.717, 1.165) is 9.87 Å². The number of hydrogen-bond donors (Lipinski definition) is 3. The summed E-state index contributed by atoms with van der Waals surface area (Å²) in [5.41, 5.74) is 2.86. The summed E-state index contributed by atoms with van der Waals surface area (Å²) < 4.78 is 27.5. The summed E-state index contributed by atoms with van der Waals surface area (Å²) in [5.74, 6) is -2.95. The van der Waals surface area contributed by atoms with Crippen LogP contribution in [-0.4, -0.2) is 59.4 Å². The summed E-state index contributed by atoms with van der Waals surface area (Å²) in [6.45, 7) is 2.02. The number of amides is 1. The number of hydrogen-bond acceptors (Lipinski definition) is 5. The molecule has 1 amide bonds. The maximum absolute atomic E-state index is 13.2. The van der Waals surface area contributed by atoms with Gasteiger partial charge in [-0.05, 0) is 54.7 Å². The average Bonchev–Trinajstić information content (AvgIpc) is 3.40. The van der Waals surface area contributed by atoms with E-state index in [1.165, 1.54) is 18.2 Å². The van der Waals surface area contributed by atoms with Gasteiger partial charge >= 0.3 is 11.9 Å². The Kier molecular flexibility index (Phi) is 7.94. The van der Waals surface area contributed by atoms with E-state index >= 15 is 0 Å². The van der Waals surface area contributed by atoms with Crippen LogP contribution in [0.2, 0.25) is 0 Å². The Morgan fingerprint density at radius 2 is 1.63 bits per heavy atom. The summed E-state index contributed by atoms with van der Waals surface area (Å²) in [5, 5.41) is 21.7. The molecule has 1 fully saturated rings. The molecular weight excluding hydrogens is 508 g/mol. The highest BCUT2D eigenvalue weighted by Gasteiger charge is 2.40. The number of rotatable bonds is 9. The van der Waals surface area contributed by atoms with Gasteiger partial charge in [-0.3, -0.25) is 4.79 Å². The van der Waals surface area contributed by atoms with Gasteiger partial charge in [0, 0.05) is 13.0 Å². The molecule has 0 radical (unpaired) electrons. The molecule has 0 unspecified atom stereocenters. The van der Waals surface area contributed by atoms with Gasteiger partial charge in [0.2, 0.25) is 15.9 Å². The number of carbonyl (C=O) groups excluding carboxylic acids is 1. The Morgan fingerprint density at radius 1 is 0.974 bits per heavy atom. The molecule has 3 aromatic carbocycles. The molecule has 1 saturated heterocycles. The quantitative estimate of drug-likeness (QED) is 0.381. The molecule has 1 aliphatic rings. The molecule has 4 rings (SSSR count). The van der Waals surface area contributed by atoms with Crippen molar-refractivity contribution in [1.82, 2.24) is 9.62 Å². The number of carbonyl (C=O) groups is 3. The lowest BCUT2D eigenvalue weighted by atomic mass is 9.97. The molecule has 2 atom stereocenters. The summed E-state index contributed by atoms with van der Waals surface area (Å²) in [6.07, 6.45) is 0.751. The second-order valence-electron chi connectivity index (χ2n) is 9.24. The zero-order valence-corrected chi connectivity index (χ0v) is 21.5. The highest BCUT2D eigenvalue weighted by Crippen LogP contribution is 2.27. The van der Waals surface area contributed by atoms with Gasteiger partial charge in [0.05, 0.1) is 10.5 Å². The summed E-state index contributed by atoms with van der Waals surface area (Å²) in [7, 11) is -3.92. The second kappa shape index (κ2) is 11.2.